The van der Waals surface area contributed by atoms with Crippen LogP contribution in [0.15, 0.2) is 36.5 Å². The molecule has 1 heterocycles. The predicted molar refractivity (Wildman–Crippen MR) is 62.9 cm³/mol. The Labute approximate surface area is 98.4 Å². The molecule has 0 atom stereocenters. The number of nitrogens with one attached hydrogen (secondary N) is 1. The van der Waals surface area contributed by atoms with Crippen LogP contribution in [0.1, 0.15) is 0 Å². The monoisotopic (exact) mass is 232 g/mol. The zero-order valence-electron chi connectivity index (χ0n) is 9.25. The van der Waals surface area contributed by atoms with E-state index in [0.29, 0.717) is 23.3 Å². The number of anilines is 1. The van der Waals surface area contributed by atoms with Crippen LogP contribution >= 0.6 is 0 Å². The first-order valence-corrected chi connectivity index (χ1v) is 4.93. The van der Waals surface area contributed by atoms with Crippen LogP contribution in [0.4, 0.5) is 5.95 Å². The van der Waals surface area contributed by atoms with Crippen molar-refractivity contribution < 1.29 is 9.47 Å². The quantitative estimate of drug-likeness (QED) is 0.615. The second kappa shape index (κ2) is 5.13. The summed E-state index contributed by atoms with van der Waals surface area (Å²) in [6, 6.07) is 8.87. The number of nitrogens with two attached hydrogens (primary N) is 1. The number of aromatic nitrogens is 2. The van der Waals surface area contributed by atoms with Crippen LogP contribution in [0.25, 0.3) is 0 Å². The highest BCUT2D eigenvalue weighted by Crippen LogP contribution is 2.23. The standard InChI is InChI=1S/C11H12N4O2/c1-16-8-3-2-4-9(7-8)17-10-5-6-13-11(14-10)15-12/h2-7H,12H2,1H3,(H,13,14,15). The Kier molecular flexibility index (Phi) is 3.37. The smallest absolute Gasteiger partial charge is 0.240 e. The Hall–Kier alpha value is -2.34. The van der Waals surface area contributed by atoms with Gasteiger partial charge in [0.2, 0.25) is 11.8 Å². The fourth-order valence-corrected chi connectivity index (χ4v) is 1.25. The van der Waals surface area contributed by atoms with Gasteiger partial charge in [-0.3, -0.25) is 5.43 Å². The van der Waals surface area contributed by atoms with Gasteiger partial charge in [-0.1, -0.05) is 6.07 Å². The maximum Gasteiger partial charge on any atom is 0.240 e. The summed E-state index contributed by atoms with van der Waals surface area (Å²) < 4.78 is 10.6. The Balaban J connectivity index is 2.18. The zero-order valence-corrected chi connectivity index (χ0v) is 9.25. The number of nitrogen functional groups attached to an aromatic ring is 1. The molecule has 0 fully saturated rings. The fraction of sp³-hybridized carbons (Fsp3) is 0.0909. The molecule has 2 rings (SSSR count). The first kappa shape index (κ1) is 11.2. The van der Waals surface area contributed by atoms with Gasteiger partial charge in [0.05, 0.1) is 7.11 Å². The fourth-order valence-electron chi connectivity index (χ4n) is 1.25. The Morgan fingerprint density at radius 2 is 2.06 bits per heavy atom. The lowest BCUT2D eigenvalue weighted by molar-refractivity contribution is 0.407. The zero-order chi connectivity index (χ0) is 12.1. The number of benzene rings is 1. The molecule has 17 heavy (non-hydrogen) atoms. The lowest BCUT2D eigenvalue weighted by Crippen LogP contribution is -2.10. The molecule has 0 radical (unpaired) electrons. The average Bonchev–Trinajstić information content (AvgIpc) is 2.39. The highest BCUT2D eigenvalue weighted by atomic mass is 16.5. The van der Waals surface area contributed by atoms with Crippen LogP contribution in [-0.4, -0.2) is 17.1 Å². The molecule has 0 saturated heterocycles. The van der Waals surface area contributed by atoms with Gasteiger partial charge in [0.1, 0.15) is 11.5 Å². The summed E-state index contributed by atoms with van der Waals surface area (Å²) in [6.07, 6.45) is 1.55. The summed E-state index contributed by atoms with van der Waals surface area (Å²) in [5, 5.41) is 0. The molecule has 0 amide bonds. The average molecular weight is 232 g/mol. The topological polar surface area (TPSA) is 82.3 Å². The van der Waals surface area contributed by atoms with Crippen LogP contribution in [0.5, 0.6) is 17.4 Å². The van der Waals surface area contributed by atoms with Gasteiger partial charge in [0.15, 0.2) is 0 Å². The molecule has 0 saturated carbocycles. The molecule has 0 spiro atoms. The van der Waals surface area contributed by atoms with Crippen molar-refractivity contribution in [2.75, 3.05) is 12.5 Å². The maximum absolute atomic E-state index is 5.54. The summed E-state index contributed by atoms with van der Waals surface area (Å²) >= 11 is 0. The number of hydrogen-bond acceptors (Lipinski definition) is 6. The first-order chi connectivity index (χ1) is 8.31. The van der Waals surface area contributed by atoms with E-state index in [1.807, 2.05) is 12.1 Å². The van der Waals surface area contributed by atoms with Crippen LogP contribution in [0, 0.1) is 0 Å². The maximum atomic E-state index is 5.54. The van der Waals surface area contributed by atoms with Gasteiger partial charge in [-0.15, -0.1) is 0 Å². The molecule has 6 nitrogen and oxygen atoms in total. The molecular weight excluding hydrogens is 220 g/mol. The lowest BCUT2D eigenvalue weighted by atomic mass is 10.3. The third kappa shape index (κ3) is 2.82. The van der Waals surface area contributed by atoms with Gasteiger partial charge in [-0.05, 0) is 12.1 Å². The van der Waals surface area contributed by atoms with Gasteiger partial charge in [-0.2, -0.15) is 4.98 Å². The summed E-state index contributed by atoms with van der Waals surface area (Å²) in [6.45, 7) is 0. The van der Waals surface area contributed by atoms with E-state index in [1.165, 1.54) is 0 Å². The number of rotatable bonds is 4. The van der Waals surface area contributed by atoms with E-state index in [4.69, 9.17) is 15.3 Å². The minimum Gasteiger partial charge on any atom is -0.497 e. The molecule has 2 aromatic rings. The molecule has 0 aliphatic rings. The molecule has 1 aromatic carbocycles. The van der Waals surface area contributed by atoms with E-state index < -0.39 is 0 Å². The Morgan fingerprint density at radius 3 is 2.82 bits per heavy atom. The van der Waals surface area contributed by atoms with E-state index in [9.17, 15) is 0 Å². The molecule has 0 aliphatic heterocycles. The summed E-state index contributed by atoms with van der Waals surface area (Å²) in [5.41, 5.74) is 2.35. The molecule has 0 unspecified atom stereocenters. The number of ether oxygens (including phenoxy) is 2. The third-order valence-electron chi connectivity index (χ3n) is 2.02. The summed E-state index contributed by atoms with van der Waals surface area (Å²) in [7, 11) is 1.60. The van der Waals surface area contributed by atoms with Crippen molar-refractivity contribution in [3.8, 4) is 17.4 Å². The normalized spacial score (nSPS) is 9.76. The van der Waals surface area contributed by atoms with Gasteiger partial charge in [0, 0.05) is 18.3 Å². The van der Waals surface area contributed by atoms with E-state index in [0.717, 1.165) is 0 Å². The number of methoxy groups -OCH3 is 1. The van der Waals surface area contributed by atoms with Crippen LogP contribution < -0.4 is 20.7 Å². The van der Waals surface area contributed by atoms with E-state index in [-0.39, 0.29) is 0 Å². The summed E-state index contributed by atoms with van der Waals surface area (Å²) in [4.78, 5) is 7.91. The molecule has 3 N–H and O–H groups in total. The second-order valence-electron chi connectivity index (χ2n) is 3.14. The number of hydrogen-bond donors (Lipinski definition) is 2. The van der Waals surface area contributed by atoms with Crippen LogP contribution in [-0.2, 0) is 0 Å². The van der Waals surface area contributed by atoms with Gasteiger partial charge < -0.3 is 9.47 Å². The van der Waals surface area contributed by atoms with Crippen molar-refractivity contribution in [3.63, 3.8) is 0 Å². The molecule has 1 aromatic heterocycles. The minimum atomic E-state index is 0.297. The van der Waals surface area contributed by atoms with Crippen molar-refractivity contribution in [1.82, 2.24) is 9.97 Å². The SMILES string of the molecule is COc1cccc(Oc2ccnc(NN)n2)c1. The van der Waals surface area contributed by atoms with Crippen molar-refractivity contribution >= 4 is 5.95 Å². The molecule has 6 heteroatoms. The highest BCUT2D eigenvalue weighted by molar-refractivity contribution is 5.36. The van der Waals surface area contributed by atoms with Gasteiger partial charge in [0.25, 0.3) is 0 Å². The van der Waals surface area contributed by atoms with Crippen LogP contribution in [0.3, 0.4) is 0 Å². The Bertz CT molecular complexity index is 459. The highest BCUT2D eigenvalue weighted by Gasteiger charge is 2.01. The second-order valence-corrected chi connectivity index (χ2v) is 3.14. The van der Waals surface area contributed by atoms with Gasteiger partial charge >= 0.3 is 0 Å². The molecule has 0 bridgehead atoms. The van der Waals surface area contributed by atoms with Crippen molar-refractivity contribution in [2.24, 2.45) is 5.84 Å². The number of hydrazine groups is 1. The van der Waals surface area contributed by atoms with E-state index in [2.05, 4.69) is 15.4 Å². The third-order valence-corrected chi connectivity index (χ3v) is 2.02. The van der Waals surface area contributed by atoms with Crippen LogP contribution in [0.2, 0.25) is 0 Å². The largest absolute Gasteiger partial charge is 0.497 e. The Morgan fingerprint density at radius 1 is 1.24 bits per heavy atom. The van der Waals surface area contributed by atoms with Crippen molar-refractivity contribution in [2.45, 2.75) is 0 Å². The van der Waals surface area contributed by atoms with E-state index >= 15 is 0 Å². The molecule has 88 valence electrons. The minimum absolute atomic E-state index is 0.297. The molecule has 0 aliphatic carbocycles. The lowest BCUT2D eigenvalue weighted by Gasteiger charge is -2.06. The van der Waals surface area contributed by atoms with Gasteiger partial charge in [-0.25, -0.2) is 10.8 Å². The van der Waals surface area contributed by atoms with E-state index in [1.54, 1.807) is 31.5 Å². The first-order valence-electron chi connectivity index (χ1n) is 4.93. The number of nitrogens with zero attached hydrogens (tertiary/aromatic N) is 2. The summed E-state index contributed by atoms with van der Waals surface area (Å²) in [5.74, 6) is 7.25. The predicted octanol–water partition coefficient (Wildman–Crippen LogP) is 1.56. The van der Waals surface area contributed by atoms with Crippen molar-refractivity contribution in [1.29, 1.82) is 0 Å². The molecular formula is C11H12N4O2. The van der Waals surface area contributed by atoms with Crippen molar-refractivity contribution in [3.05, 3.63) is 36.5 Å².